The molecule has 1 aliphatic heterocycles. The third kappa shape index (κ3) is 3.74. The van der Waals surface area contributed by atoms with Crippen LogP contribution in [0.1, 0.15) is 25.8 Å². The Morgan fingerprint density at radius 3 is 2.95 bits per heavy atom. The molecule has 1 aromatic carbocycles. The predicted molar refractivity (Wildman–Crippen MR) is 80.1 cm³/mol. The number of hydrogen-bond acceptors (Lipinski definition) is 3. The Balaban J connectivity index is 1.96. The zero-order valence-electron chi connectivity index (χ0n) is 12.6. The summed E-state index contributed by atoms with van der Waals surface area (Å²) in [5, 5.41) is 2.76. The highest BCUT2D eigenvalue weighted by Crippen LogP contribution is 2.20. The van der Waals surface area contributed by atoms with E-state index < -0.39 is 0 Å². The summed E-state index contributed by atoms with van der Waals surface area (Å²) in [6, 6.07) is 7.38. The van der Waals surface area contributed by atoms with Gasteiger partial charge in [-0.25, -0.2) is 0 Å². The number of nitrogens with one attached hydrogen (secondary N) is 1. The van der Waals surface area contributed by atoms with E-state index in [1.807, 2.05) is 31.2 Å². The van der Waals surface area contributed by atoms with Gasteiger partial charge >= 0.3 is 0 Å². The number of hydrogen-bond donors (Lipinski definition) is 1. The molecule has 0 spiro atoms. The van der Waals surface area contributed by atoms with Gasteiger partial charge < -0.3 is 15.0 Å². The van der Waals surface area contributed by atoms with E-state index in [4.69, 9.17) is 4.74 Å². The van der Waals surface area contributed by atoms with Crippen molar-refractivity contribution in [2.45, 2.75) is 32.7 Å². The van der Waals surface area contributed by atoms with Gasteiger partial charge in [-0.15, -0.1) is 0 Å². The predicted octanol–water partition coefficient (Wildman–Crippen LogP) is 1.36. The van der Waals surface area contributed by atoms with E-state index in [9.17, 15) is 9.59 Å². The number of amides is 2. The fourth-order valence-electron chi connectivity index (χ4n) is 2.52. The second-order valence-electron chi connectivity index (χ2n) is 5.09. The van der Waals surface area contributed by atoms with Crippen LogP contribution in [0.5, 0.6) is 5.75 Å². The van der Waals surface area contributed by atoms with Gasteiger partial charge in [-0.3, -0.25) is 9.59 Å². The molecular weight excluding hydrogens is 268 g/mol. The lowest BCUT2D eigenvalue weighted by molar-refractivity contribution is -0.142. The summed E-state index contributed by atoms with van der Waals surface area (Å²) in [5.41, 5.74) is 1.03. The summed E-state index contributed by atoms with van der Waals surface area (Å²) in [7, 11) is 0. The van der Waals surface area contributed by atoms with E-state index in [0.717, 1.165) is 11.3 Å². The highest BCUT2D eigenvalue weighted by molar-refractivity contribution is 5.88. The number of nitrogens with zero attached hydrogens (tertiary/aromatic N) is 1. The van der Waals surface area contributed by atoms with Crippen molar-refractivity contribution in [3.63, 3.8) is 0 Å². The highest BCUT2D eigenvalue weighted by Gasteiger charge is 2.28. The number of piperazine rings is 1. The average molecular weight is 290 g/mol. The van der Waals surface area contributed by atoms with Crippen LogP contribution >= 0.6 is 0 Å². The first-order valence-electron chi connectivity index (χ1n) is 7.41. The molecule has 1 saturated heterocycles. The van der Waals surface area contributed by atoms with Crippen molar-refractivity contribution in [2.24, 2.45) is 0 Å². The molecule has 1 aliphatic rings. The Bertz CT molecular complexity index is 516. The molecule has 1 unspecified atom stereocenters. The van der Waals surface area contributed by atoms with Gasteiger partial charge in [-0.2, -0.15) is 0 Å². The third-order valence-corrected chi connectivity index (χ3v) is 3.70. The van der Waals surface area contributed by atoms with E-state index in [0.29, 0.717) is 32.5 Å². The summed E-state index contributed by atoms with van der Waals surface area (Å²) in [4.78, 5) is 25.6. The van der Waals surface area contributed by atoms with Crippen LogP contribution < -0.4 is 10.1 Å². The van der Waals surface area contributed by atoms with Crippen molar-refractivity contribution >= 4 is 11.8 Å². The van der Waals surface area contributed by atoms with Gasteiger partial charge in [0.15, 0.2) is 0 Å². The van der Waals surface area contributed by atoms with Crippen molar-refractivity contribution in [3.8, 4) is 5.75 Å². The van der Waals surface area contributed by atoms with Crippen LogP contribution in [0.3, 0.4) is 0 Å². The number of rotatable bonds is 5. The molecule has 1 N–H and O–H groups in total. The standard InChI is InChI=1S/C16H22N2O3/c1-3-21-14-7-5-4-6-13(14)8-9-15(19)18-11-10-17-16(20)12(18)2/h4-7,12H,3,8-11H2,1-2H3,(H,17,20). The summed E-state index contributed by atoms with van der Waals surface area (Å²) < 4.78 is 5.56. The fraction of sp³-hybridized carbons (Fsp3) is 0.500. The minimum absolute atomic E-state index is 0.0173. The molecule has 0 radical (unpaired) electrons. The van der Waals surface area contributed by atoms with Gasteiger partial charge in [0, 0.05) is 19.5 Å². The number of carbonyl (C=O) groups is 2. The minimum atomic E-state index is -0.381. The van der Waals surface area contributed by atoms with Crippen LogP contribution in [0, 0.1) is 0 Å². The van der Waals surface area contributed by atoms with E-state index in [1.165, 1.54) is 0 Å². The first kappa shape index (κ1) is 15.4. The Hall–Kier alpha value is -2.04. The SMILES string of the molecule is CCOc1ccccc1CCC(=O)N1CCNC(=O)C1C. The molecule has 0 saturated carbocycles. The van der Waals surface area contributed by atoms with Gasteiger partial charge in [0.2, 0.25) is 11.8 Å². The summed E-state index contributed by atoms with van der Waals surface area (Å²) in [5.74, 6) is 0.769. The molecule has 2 rings (SSSR count). The lowest BCUT2D eigenvalue weighted by atomic mass is 10.1. The number of aryl methyl sites for hydroxylation is 1. The molecule has 1 atom stereocenters. The molecule has 0 aliphatic carbocycles. The van der Waals surface area contributed by atoms with E-state index in [1.54, 1.807) is 11.8 Å². The van der Waals surface area contributed by atoms with Crippen LogP contribution in [0.4, 0.5) is 0 Å². The molecular formula is C16H22N2O3. The molecule has 1 heterocycles. The lowest BCUT2D eigenvalue weighted by Gasteiger charge is -2.33. The third-order valence-electron chi connectivity index (χ3n) is 3.70. The number of benzene rings is 1. The topological polar surface area (TPSA) is 58.6 Å². The number of ether oxygens (including phenoxy) is 1. The Kier molecular flexibility index (Phi) is 5.20. The fourth-order valence-corrected chi connectivity index (χ4v) is 2.52. The monoisotopic (exact) mass is 290 g/mol. The molecule has 1 fully saturated rings. The summed E-state index contributed by atoms with van der Waals surface area (Å²) in [6.45, 7) is 5.42. The average Bonchev–Trinajstić information content (AvgIpc) is 2.49. The molecule has 5 nitrogen and oxygen atoms in total. The molecule has 5 heteroatoms. The second kappa shape index (κ2) is 7.11. The van der Waals surface area contributed by atoms with Crippen molar-refractivity contribution in [1.82, 2.24) is 10.2 Å². The molecule has 1 aromatic rings. The van der Waals surface area contributed by atoms with Crippen molar-refractivity contribution in [1.29, 1.82) is 0 Å². The van der Waals surface area contributed by atoms with Crippen molar-refractivity contribution in [3.05, 3.63) is 29.8 Å². The lowest BCUT2D eigenvalue weighted by Crippen LogP contribution is -2.55. The largest absolute Gasteiger partial charge is 0.494 e. The normalized spacial score (nSPS) is 18.3. The maximum absolute atomic E-state index is 12.3. The molecule has 0 bridgehead atoms. The van der Waals surface area contributed by atoms with Gasteiger partial charge in [-0.05, 0) is 31.9 Å². The Labute approximate surface area is 125 Å². The van der Waals surface area contributed by atoms with Gasteiger partial charge in [0.1, 0.15) is 11.8 Å². The van der Waals surface area contributed by atoms with Crippen LogP contribution in [0.2, 0.25) is 0 Å². The summed E-state index contributed by atoms with van der Waals surface area (Å²) in [6.07, 6.45) is 1.02. The van der Waals surface area contributed by atoms with Crippen LogP contribution in [-0.4, -0.2) is 42.5 Å². The first-order valence-corrected chi connectivity index (χ1v) is 7.41. The summed E-state index contributed by atoms with van der Waals surface area (Å²) >= 11 is 0. The molecule has 0 aromatic heterocycles. The first-order chi connectivity index (χ1) is 10.1. The molecule has 21 heavy (non-hydrogen) atoms. The maximum atomic E-state index is 12.3. The zero-order valence-corrected chi connectivity index (χ0v) is 12.6. The van der Waals surface area contributed by atoms with Gasteiger partial charge in [0.25, 0.3) is 0 Å². The highest BCUT2D eigenvalue weighted by atomic mass is 16.5. The molecule has 2 amide bonds. The zero-order chi connectivity index (χ0) is 15.2. The molecule has 114 valence electrons. The second-order valence-corrected chi connectivity index (χ2v) is 5.09. The Morgan fingerprint density at radius 2 is 2.19 bits per heavy atom. The van der Waals surface area contributed by atoms with Crippen LogP contribution in [0.15, 0.2) is 24.3 Å². The Morgan fingerprint density at radius 1 is 1.43 bits per heavy atom. The van der Waals surface area contributed by atoms with E-state index in [2.05, 4.69) is 5.32 Å². The van der Waals surface area contributed by atoms with Crippen molar-refractivity contribution < 1.29 is 14.3 Å². The van der Waals surface area contributed by atoms with Crippen LogP contribution in [-0.2, 0) is 16.0 Å². The minimum Gasteiger partial charge on any atom is -0.494 e. The van der Waals surface area contributed by atoms with Gasteiger partial charge in [-0.1, -0.05) is 18.2 Å². The maximum Gasteiger partial charge on any atom is 0.242 e. The van der Waals surface area contributed by atoms with Crippen molar-refractivity contribution in [2.75, 3.05) is 19.7 Å². The quantitative estimate of drug-likeness (QED) is 0.891. The van der Waals surface area contributed by atoms with E-state index in [-0.39, 0.29) is 17.9 Å². The van der Waals surface area contributed by atoms with Crippen LogP contribution in [0.25, 0.3) is 0 Å². The van der Waals surface area contributed by atoms with Gasteiger partial charge in [0.05, 0.1) is 6.61 Å². The number of carbonyl (C=O) groups excluding carboxylic acids is 2. The van der Waals surface area contributed by atoms with E-state index >= 15 is 0 Å². The number of para-hydroxylation sites is 1. The smallest absolute Gasteiger partial charge is 0.242 e.